The molecule has 0 N–H and O–H groups in total. The summed E-state index contributed by atoms with van der Waals surface area (Å²) in [5, 5.41) is 4.68. The van der Waals surface area contributed by atoms with E-state index < -0.39 is 0 Å². The van der Waals surface area contributed by atoms with Crippen LogP contribution in [0.25, 0.3) is 90.2 Å². The van der Waals surface area contributed by atoms with Gasteiger partial charge < -0.3 is 9.80 Å². The number of benzene rings is 11. The summed E-state index contributed by atoms with van der Waals surface area (Å²) < 4.78 is 0. The van der Waals surface area contributed by atoms with Gasteiger partial charge in [0.1, 0.15) is 11.0 Å². The smallest absolute Gasteiger partial charge is 0.113 e. The molecule has 2 heterocycles. The standard InChI is InChI=1S/C70H48N6/c1-7-19-51(20-8-1)65-59-39-33-49(31-35-53-37-41-63(69-67(53)71-43-45-73-69)75(55-23-11-3-12-24-55)56-25-13-4-14-26-56)47-61(59)62-48-50(34-40-60(62)66(65)52-21-9-2-10-22-52)32-36-54-38-42-64(70-68(54)72-44-46-74-70)76(57-27-15-5-16-28-57)58-29-17-6-18-30-58/h1-48H/b35-31+,36-32+. The first-order valence-electron chi connectivity index (χ1n) is 25.5. The molecule has 76 heavy (non-hydrogen) atoms. The van der Waals surface area contributed by atoms with Crippen LogP contribution in [-0.2, 0) is 0 Å². The molecule has 0 fully saturated rings. The van der Waals surface area contributed by atoms with Gasteiger partial charge in [-0.1, -0.05) is 194 Å². The first kappa shape index (κ1) is 45.6. The Balaban J connectivity index is 0.941. The van der Waals surface area contributed by atoms with Gasteiger partial charge in [0.15, 0.2) is 0 Å². The van der Waals surface area contributed by atoms with Crippen molar-refractivity contribution in [3.05, 3.63) is 290 Å². The van der Waals surface area contributed by atoms with Crippen molar-refractivity contribution in [2.75, 3.05) is 9.80 Å². The van der Waals surface area contributed by atoms with Gasteiger partial charge in [-0.05, 0) is 128 Å². The van der Waals surface area contributed by atoms with Gasteiger partial charge in [-0.3, -0.25) is 19.9 Å². The van der Waals surface area contributed by atoms with E-state index in [0.29, 0.717) is 0 Å². The summed E-state index contributed by atoms with van der Waals surface area (Å²) in [6, 6.07) is 85.6. The van der Waals surface area contributed by atoms with Crippen LogP contribution in [0.2, 0.25) is 0 Å². The molecule has 2 aromatic heterocycles. The summed E-state index contributed by atoms with van der Waals surface area (Å²) in [7, 11) is 0. The molecule has 13 rings (SSSR count). The van der Waals surface area contributed by atoms with Crippen LogP contribution in [-0.4, -0.2) is 19.9 Å². The minimum absolute atomic E-state index is 0.820. The van der Waals surface area contributed by atoms with E-state index in [9.17, 15) is 0 Å². The number of aromatic nitrogens is 4. The van der Waals surface area contributed by atoms with E-state index in [1.807, 2.05) is 24.3 Å². The third kappa shape index (κ3) is 8.70. The van der Waals surface area contributed by atoms with Gasteiger partial charge in [-0.2, -0.15) is 0 Å². The van der Waals surface area contributed by atoms with Gasteiger partial charge in [0.25, 0.3) is 0 Å². The van der Waals surface area contributed by atoms with Crippen LogP contribution >= 0.6 is 0 Å². The SMILES string of the molecule is C(=C\c1ccc(N(c2ccccc2)c2ccccc2)c2nccnc12)/c1ccc2c(-c3ccccc3)c(-c3ccccc3)c3ccc(/C=C/c4ccc(N(c5ccccc5)c5ccccc5)c5nccnc45)cc3c2c1. The van der Waals surface area contributed by atoms with Crippen LogP contribution in [0.3, 0.4) is 0 Å². The number of nitrogens with zero attached hydrogens (tertiary/aromatic N) is 6. The second kappa shape index (κ2) is 20.3. The molecule has 0 unspecified atom stereocenters. The predicted molar refractivity (Wildman–Crippen MR) is 319 cm³/mol. The molecule has 0 aliphatic rings. The summed E-state index contributed by atoms with van der Waals surface area (Å²) in [5.74, 6) is 0. The number of hydrogen-bond donors (Lipinski definition) is 0. The highest BCUT2D eigenvalue weighted by atomic mass is 15.2. The van der Waals surface area contributed by atoms with Crippen molar-refractivity contribution < 1.29 is 0 Å². The first-order chi connectivity index (χ1) is 37.7. The minimum Gasteiger partial charge on any atom is -0.308 e. The molecule has 0 aliphatic heterocycles. The molecule has 0 atom stereocenters. The summed E-state index contributed by atoms with van der Waals surface area (Å²) in [6.07, 6.45) is 15.8. The van der Waals surface area contributed by atoms with Crippen molar-refractivity contribution in [3.63, 3.8) is 0 Å². The molecule has 0 amide bonds. The zero-order valence-corrected chi connectivity index (χ0v) is 41.4. The van der Waals surface area contributed by atoms with E-state index >= 15 is 0 Å². The van der Waals surface area contributed by atoms with E-state index in [2.05, 4.69) is 252 Å². The van der Waals surface area contributed by atoms with Crippen molar-refractivity contribution in [1.29, 1.82) is 0 Å². The molecule has 6 nitrogen and oxygen atoms in total. The molecule has 0 saturated heterocycles. The lowest BCUT2D eigenvalue weighted by molar-refractivity contribution is 1.24. The van der Waals surface area contributed by atoms with Crippen molar-refractivity contribution in [2.24, 2.45) is 0 Å². The highest BCUT2D eigenvalue weighted by molar-refractivity contribution is 6.22. The number of para-hydroxylation sites is 4. The fourth-order valence-corrected chi connectivity index (χ4v) is 10.6. The molecule has 13 aromatic rings. The van der Waals surface area contributed by atoms with Gasteiger partial charge in [-0.15, -0.1) is 0 Å². The van der Waals surface area contributed by atoms with Gasteiger partial charge in [0.2, 0.25) is 0 Å². The number of fused-ring (bicyclic) bond motifs is 5. The first-order valence-corrected chi connectivity index (χ1v) is 25.5. The van der Waals surface area contributed by atoms with E-state index in [1.165, 1.54) is 33.0 Å². The van der Waals surface area contributed by atoms with Gasteiger partial charge >= 0.3 is 0 Å². The van der Waals surface area contributed by atoms with Gasteiger partial charge in [0.05, 0.1) is 22.4 Å². The maximum absolute atomic E-state index is 4.95. The van der Waals surface area contributed by atoms with Crippen LogP contribution in [0.15, 0.2) is 267 Å². The zero-order chi connectivity index (χ0) is 50.6. The van der Waals surface area contributed by atoms with Crippen LogP contribution < -0.4 is 9.80 Å². The third-order valence-corrected chi connectivity index (χ3v) is 14.0. The predicted octanol–water partition coefficient (Wildman–Crippen LogP) is 18.5. The van der Waals surface area contributed by atoms with Crippen molar-refractivity contribution in [1.82, 2.24) is 19.9 Å². The average Bonchev–Trinajstić information content (AvgIpc) is 3.62. The highest BCUT2D eigenvalue weighted by Gasteiger charge is 2.21. The number of rotatable bonds is 12. The molecule has 0 aliphatic carbocycles. The van der Waals surface area contributed by atoms with Crippen LogP contribution in [0.1, 0.15) is 22.3 Å². The molecule has 6 heteroatoms. The summed E-state index contributed by atoms with van der Waals surface area (Å²) >= 11 is 0. The maximum Gasteiger partial charge on any atom is 0.113 e. The van der Waals surface area contributed by atoms with Gasteiger partial charge in [0, 0.05) is 58.7 Å². The normalized spacial score (nSPS) is 11.6. The van der Waals surface area contributed by atoms with Crippen LogP contribution in [0, 0.1) is 0 Å². The van der Waals surface area contributed by atoms with Crippen LogP contribution in [0.5, 0.6) is 0 Å². The Morgan fingerprint density at radius 1 is 0.263 bits per heavy atom. The molecule has 0 spiro atoms. The number of anilines is 6. The topological polar surface area (TPSA) is 58.0 Å². The minimum atomic E-state index is 0.820. The Kier molecular flexibility index (Phi) is 12.2. The van der Waals surface area contributed by atoms with Crippen molar-refractivity contribution in [3.8, 4) is 22.3 Å². The molecule has 0 radical (unpaired) electrons. The molecule has 0 saturated carbocycles. The van der Waals surface area contributed by atoms with E-state index in [1.54, 1.807) is 24.8 Å². The Hall–Kier alpha value is -10.3. The zero-order valence-electron chi connectivity index (χ0n) is 41.4. The Bertz CT molecular complexity index is 3910. The fourth-order valence-electron chi connectivity index (χ4n) is 10.6. The molecule has 358 valence electrons. The molecule has 0 bridgehead atoms. The second-order valence-electron chi connectivity index (χ2n) is 18.6. The Morgan fingerprint density at radius 3 is 0.921 bits per heavy atom. The largest absolute Gasteiger partial charge is 0.308 e. The lowest BCUT2D eigenvalue weighted by Gasteiger charge is -2.26. The maximum atomic E-state index is 4.95. The van der Waals surface area contributed by atoms with Gasteiger partial charge in [-0.25, -0.2) is 0 Å². The Morgan fingerprint density at radius 2 is 0.579 bits per heavy atom. The summed E-state index contributed by atoms with van der Waals surface area (Å²) in [4.78, 5) is 24.3. The third-order valence-electron chi connectivity index (χ3n) is 14.0. The quantitative estimate of drug-likeness (QED) is 0.0898. The van der Waals surface area contributed by atoms with E-state index in [4.69, 9.17) is 19.9 Å². The van der Waals surface area contributed by atoms with Crippen molar-refractivity contribution in [2.45, 2.75) is 0 Å². The molecule has 11 aromatic carbocycles. The van der Waals surface area contributed by atoms with E-state index in [-0.39, 0.29) is 0 Å². The number of hydrogen-bond acceptors (Lipinski definition) is 6. The second-order valence-corrected chi connectivity index (χ2v) is 18.6. The van der Waals surface area contributed by atoms with Crippen LogP contribution in [0.4, 0.5) is 34.1 Å². The monoisotopic (exact) mass is 972 g/mol. The van der Waals surface area contributed by atoms with Crippen molar-refractivity contribution >= 4 is 102 Å². The lowest BCUT2D eigenvalue weighted by Crippen LogP contribution is -2.11. The molecular weight excluding hydrogens is 925 g/mol. The summed E-state index contributed by atoms with van der Waals surface area (Å²) in [6.45, 7) is 0. The lowest BCUT2D eigenvalue weighted by atomic mass is 9.84. The molecular formula is C70H48N6. The summed E-state index contributed by atoms with van der Waals surface area (Å²) in [5.41, 5.74) is 18.2. The highest BCUT2D eigenvalue weighted by Crippen LogP contribution is 2.46. The average molecular weight is 973 g/mol. The Labute approximate surface area is 441 Å². The fraction of sp³-hybridized carbons (Fsp3) is 0. The van der Waals surface area contributed by atoms with E-state index in [0.717, 1.165) is 89.2 Å².